The second-order valence-electron chi connectivity index (χ2n) is 5.66. The van der Waals surface area contributed by atoms with Gasteiger partial charge in [-0.2, -0.15) is 0 Å². The fourth-order valence-corrected chi connectivity index (χ4v) is 3.76. The minimum absolute atomic E-state index is 0.119. The van der Waals surface area contributed by atoms with Crippen LogP contribution in [0.1, 0.15) is 11.4 Å². The summed E-state index contributed by atoms with van der Waals surface area (Å²) in [7, 11) is 1.74. The molecule has 0 fully saturated rings. The van der Waals surface area contributed by atoms with Gasteiger partial charge < -0.3 is 0 Å². The van der Waals surface area contributed by atoms with Crippen molar-refractivity contribution in [1.29, 1.82) is 0 Å². The summed E-state index contributed by atoms with van der Waals surface area (Å²) >= 11 is 1.40. The van der Waals surface area contributed by atoms with Gasteiger partial charge >= 0.3 is 0 Å². The summed E-state index contributed by atoms with van der Waals surface area (Å²) in [5.41, 5.74) is 3.82. The maximum Gasteiger partial charge on any atom is 0.279 e. The zero-order valence-electron chi connectivity index (χ0n) is 13.5. The molecule has 3 aromatic heterocycles. The van der Waals surface area contributed by atoms with E-state index in [9.17, 15) is 4.79 Å². The highest BCUT2D eigenvalue weighted by molar-refractivity contribution is 7.18. The lowest BCUT2D eigenvalue weighted by Gasteiger charge is -2.04. The minimum atomic E-state index is -0.119. The number of benzene rings is 1. The average Bonchev–Trinajstić information content (AvgIpc) is 3.12. The van der Waals surface area contributed by atoms with Gasteiger partial charge in [-0.15, -0.1) is 10.2 Å². The first-order valence-electron chi connectivity index (χ1n) is 7.51. The SMILES string of the molecule is Cc1cc(C)n2c(n1)c(-c1nnc(-c3ccccc3)s1)c(=O)n2C. The molecule has 3 heterocycles. The average molecular weight is 337 g/mol. The molecular formula is C17H15N5OS. The molecule has 0 saturated heterocycles. The largest absolute Gasteiger partial charge is 0.279 e. The van der Waals surface area contributed by atoms with E-state index in [4.69, 9.17) is 0 Å². The second-order valence-corrected chi connectivity index (χ2v) is 6.63. The van der Waals surface area contributed by atoms with Gasteiger partial charge in [-0.05, 0) is 19.9 Å². The molecule has 0 aliphatic carbocycles. The van der Waals surface area contributed by atoms with Gasteiger partial charge in [-0.3, -0.25) is 4.79 Å². The maximum atomic E-state index is 12.7. The molecule has 0 spiro atoms. The predicted molar refractivity (Wildman–Crippen MR) is 94.2 cm³/mol. The zero-order valence-corrected chi connectivity index (χ0v) is 14.3. The van der Waals surface area contributed by atoms with E-state index in [0.29, 0.717) is 16.2 Å². The minimum Gasteiger partial charge on any atom is -0.267 e. The van der Waals surface area contributed by atoms with Crippen LogP contribution >= 0.6 is 11.3 Å². The number of aromatic nitrogens is 5. The molecule has 4 rings (SSSR count). The lowest BCUT2D eigenvalue weighted by Crippen LogP contribution is -2.17. The number of rotatable bonds is 2. The third-order valence-electron chi connectivity index (χ3n) is 3.93. The molecule has 0 unspecified atom stereocenters. The summed E-state index contributed by atoms with van der Waals surface area (Å²) in [5.74, 6) is 0. The Morgan fingerprint density at radius 2 is 1.75 bits per heavy atom. The van der Waals surface area contributed by atoms with Crippen LogP contribution in [0, 0.1) is 13.8 Å². The van der Waals surface area contributed by atoms with E-state index in [1.54, 1.807) is 11.7 Å². The second kappa shape index (κ2) is 5.38. The highest BCUT2D eigenvalue weighted by atomic mass is 32.1. The highest BCUT2D eigenvalue weighted by Gasteiger charge is 2.21. The van der Waals surface area contributed by atoms with Gasteiger partial charge in [0.1, 0.15) is 10.6 Å². The molecule has 120 valence electrons. The molecule has 0 saturated carbocycles. The standard InChI is InChI=1S/C17H15N5OS/c1-10-9-11(2)22-14(18-10)13(17(23)21(22)3)16-20-19-15(24-16)12-7-5-4-6-8-12/h4-9H,1-3H3. The number of aryl methyl sites for hydroxylation is 3. The van der Waals surface area contributed by atoms with Crippen LogP contribution < -0.4 is 5.56 Å². The summed E-state index contributed by atoms with van der Waals surface area (Å²) < 4.78 is 3.38. The van der Waals surface area contributed by atoms with Crippen LogP contribution in [-0.4, -0.2) is 24.4 Å². The van der Waals surface area contributed by atoms with Crippen molar-refractivity contribution >= 4 is 17.0 Å². The number of fused-ring (bicyclic) bond motifs is 1. The number of hydrogen-bond acceptors (Lipinski definition) is 5. The van der Waals surface area contributed by atoms with E-state index in [0.717, 1.165) is 22.0 Å². The van der Waals surface area contributed by atoms with E-state index in [-0.39, 0.29) is 5.56 Å². The van der Waals surface area contributed by atoms with Gasteiger partial charge in [0.15, 0.2) is 10.7 Å². The van der Waals surface area contributed by atoms with Crippen LogP contribution in [0.4, 0.5) is 0 Å². The first kappa shape index (κ1) is 14.8. The summed E-state index contributed by atoms with van der Waals surface area (Å²) in [5, 5.41) is 9.88. The fourth-order valence-electron chi connectivity index (χ4n) is 2.87. The Morgan fingerprint density at radius 1 is 1.04 bits per heavy atom. The Labute approximate surface area is 142 Å². The smallest absolute Gasteiger partial charge is 0.267 e. The van der Waals surface area contributed by atoms with Gasteiger partial charge in [-0.25, -0.2) is 14.2 Å². The van der Waals surface area contributed by atoms with Crippen molar-refractivity contribution in [1.82, 2.24) is 24.4 Å². The van der Waals surface area contributed by atoms with Gasteiger partial charge in [0, 0.05) is 24.0 Å². The van der Waals surface area contributed by atoms with E-state index in [1.165, 1.54) is 11.3 Å². The lowest BCUT2D eigenvalue weighted by molar-refractivity contribution is 0.659. The van der Waals surface area contributed by atoms with Crippen molar-refractivity contribution < 1.29 is 0 Å². The maximum absolute atomic E-state index is 12.7. The molecule has 0 aliphatic rings. The monoisotopic (exact) mass is 337 g/mol. The molecule has 7 heteroatoms. The van der Waals surface area contributed by atoms with Crippen molar-refractivity contribution in [3.05, 3.63) is 58.1 Å². The normalized spacial score (nSPS) is 11.3. The van der Waals surface area contributed by atoms with Gasteiger partial charge in [0.25, 0.3) is 5.56 Å². The molecular weight excluding hydrogens is 322 g/mol. The molecule has 0 bridgehead atoms. The van der Waals surface area contributed by atoms with Gasteiger partial charge in [-0.1, -0.05) is 41.7 Å². The fraction of sp³-hybridized carbons (Fsp3) is 0.176. The van der Waals surface area contributed by atoms with Crippen LogP contribution in [0.3, 0.4) is 0 Å². The summed E-state index contributed by atoms with van der Waals surface area (Å²) in [6.07, 6.45) is 0. The molecule has 6 nitrogen and oxygen atoms in total. The van der Waals surface area contributed by atoms with Crippen molar-refractivity contribution in [3.63, 3.8) is 0 Å². The topological polar surface area (TPSA) is 65.1 Å². The summed E-state index contributed by atoms with van der Waals surface area (Å²) in [6, 6.07) is 11.8. The van der Waals surface area contributed by atoms with Crippen LogP contribution in [0.2, 0.25) is 0 Å². The van der Waals surface area contributed by atoms with Crippen LogP contribution in [0.15, 0.2) is 41.2 Å². The van der Waals surface area contributed by atoms with Crippen molar-refractivity contribution in [3.8, 4) is 21.1 Å². The summed E-state index contributed by atoms with van der Waals surface area (Å²) in [4.78, 5) is 17.3. The van der Waals surface area contributed by atoms with Crippen molar-refractivity contribution in [2.24, 2.45) is 7.05 Å². The van der Waals surface area contributed by atoms with Crippen LogP contribution in [0.5, 0.6) is 0 Å². The molecule has 24 heavy (non-hydrogen) atoms. The number of nitrogens with zero attached hydrogens (tertiary/aromatic N) is 5. The van der Waals surface area contributed by atoms with E-state index >= 15 is 0 Å². The van der Waals surface area contributed by atoms with E-state index < -0.39 is 0 Å². The van der Waals surface area contributed by atoms with Crippen molar-refractivity contribution in [2.75, 3.05) is 0 Å². The quantitative estimate of drug-likeness (QED) is 0.564. The number of hydrogen-bond donors (Lipinski definition) is 0. The Hall–Kier alpha value is -2.80. The Balaban J connectivity index is 1.97. The Kier molecular flexibility index (Phi) is 3.31. The lowest BCUT2D eigenvalue weighted by atomic mass is 10.2. The van der Waals surface area contributed by atoms with Gasteiger partial charge in [0.05, 0.1) is 0 Å². The summed E-state index contributed by atoms with van der Waals surface area (Å²) in [6.45, 7) is 3.88. The van der Waals surface area contributed by atoms with Crippen LogP contribution in [0.25, 0.3) is 26.8 Å². The Morgan fingerprint density at radius 3 is 2.50 bits per heavy atom. The van der Waals surface area contributed by atoms with Crippen molar-refractivity contribution in [2.45, 2.75) is 13.8 Å². The van der Waals surface area contributed by atoms with E-state index in [1.807, 2.05) is 54.8 Å². The van der Waals surface area contributed by atoms with Gasteiger partial charge in [0.2, 0.25) is 0 Å². The van der Waals surface area contributed by atoms with E-state index in [2.05, 4.69) is 15.2 Å². The molecule has 4 aromatic rings. The first-order chi connectivity index (χ1) is 11.6. The Bertz CT molecular complexity index is 1110. The highest BCUT2D eigenvalue weighted by Crippen LogP contribution is 2.30. The molecule has 0 aliphatic heterocycles. The molecule has 0 N–H and O–H groups in total. The molecule has 1 aromatic carbocycles. The molecule has 0 amide bonds. The molecule has 0 atom stereocenters. The third kappa shape index (κ3) is 2.16. The predicted octanol–water partition coefficient (Wildman–Crippen LogP) is 2.84. The molecule has 0 radical (unpaired) electrons. The van der Waals surface area contributed by atoms with Crippen LogP contribution in [-0.2, 0) is 7.05 Å². The zero-order chi connectivity index (χ0) is 16.8. The first-order valence-corrected chi connectivity index (χ1v) is 8.33. The third-order valence-corrected chi connectivity index (χ3v) is 4.92.